The zero-order chi connectivity index (χ0) is 7.82. The summed E-state index contributed by atoms with van der Waals surface area (Å²) in [5, 5.41) is 0. The van der Waals surface area contributed by atoms with Crippen LogP contribution in [0.3, 0.4) is 0 Å². The first-order valence-corrected chi connectivity index (χ1v) is 5.01. The molecule has 3 heteroatoms. The van der Waals surface area contributed by atoms with Gasteiger partial charge < -0.3 is 9.16 Å². The minimum atomic E-state index is -1.28. The minimum absolute atomic E-state index is 0.644. The first kappa shape index (κ1) is 9.62. The molecule has 0 saturated heterocycles. The second-order valence-corrected chi connectivity index (χ2v) is 4.00. The Labute approximate surface area is 63.9 Å². The number of ether oxygens (including phenoxy) is 1. The van der Waals surface area contributed by atoms with Crippen molar-refractivity contribution in [3.8, 4) is 0 Å². The van der Waals surface area contributed by atoms with Crippen LogP contribution in [0.4, 0.5) is 0 Å². The predicted molar refractivity (Wildman–Crippen MR) is 45.4 cm³/mol. The van der Waals surface area contributed by atoms with Crippen molar-refractivity contribution in [1.29, 1.82) is 0 Å². The molecule has 0 aromatic carbocycles. The van der Waals surface area contributed by atoms with Crippen molar-refractivity contribution in [2.24, 2.45) is 0 Å². The van der Waals surface area contributed by atoms with Crippen molar-refractivity contribution in [2.45, 2.75) is 0 Å². The number of rotatable bonds is 6. The van der Waals surface area contributed by atoms with Gasteiger partial charge in [0.2, 0.25) is 9.04 Å². The van der Waals surface area contributed by atoms with Gasteiger partial charge in [0.1, 0.15) is 0 Å². The Morgan fingerprint density at radius 1 is 1.30 bits per heavy atom. The fourth-order valence-corrected chi connectivity index (χ4v) is 1.33. The van der Waals surface area contributed by atoms with Gasteiger partial charge in [-0.05, 0) is 0 Å². The minimum Gasteiger partial charge on any atom is -0.410 e. The standard InChI is InChI=1S/C7H14O2Si/c1-4-10(5-2)9-7-6-8-3/h4-5,10H,1-2,6-7H2,3H3. The van der Waals surface area contributed by atoms with Crippen molar-refractivity contribution in [3.05, 3.63) is 24.6 Å². The summed E-state index contributed by atoms with van der Waals surface area (Å²) in [5.41, 5.74) is 3.67. The lowest BCUT2D eigenvalue weighted by Gasteiger charge is -2.05. The molecule has 0 aliphatic heterocycles. The summed E-state index contributed by atoms with van der Waals surface area (Å²) in [7, 11) is 0.379. The van der Waals surface area contributed by atoms with Crippen LogP contribution in [0.1, 0.15) is 0 Å². The van der Waals surface area contributed by atoms with Crippen molar-refractivity contribution >= 4 is 9.04 Å². The molecule has 2 nitrogen and oxygen atoms in total. The molecule has 0 aliphatic rings. The summed E-state index contributed by atoms with van der Waals surface area (Å²) in [6.45, 7) is 8.56. The van der Waals surface area contributed by atoms with E-state index in [0.29, 0.717) is 13.2 Å². The van der Waals surface area contributed by atoms with E-state index in [1.807, 2.05) is 11.4 Å². The van der Waals surface area contributed by atoms with Crippen molar-refractivity contribution in [1.82, 2.24) is 0 Å². The molecule has 0 aromatic rings. The number of hydrogen-bond donors (Lipinski definition) is 0. The third-order valence-electron chi connectivity index (χ3n) is 1.06. The third kappa shape index (κ3) is 4.49. The van der Waals surface area contributed by atoms with Crippen LogP contribution in [0.5, 0.6) is 0 Å². The molecule has 0 aliphatic carbocycles. The van der Waals surface area contributed by atoms with Gasteiger partial charge in [0.15, 0.2) is 0 Å². The van der Waals surface area contributed by atoms with Gasteiger partial charge in [0.25, 0.3) is 0 Å². The lowest BCUT2D eigenvalue weighted by Crippen LogP contribution is -2.15. The Morgan fingerprint density at radius 2 is 1.90 bits per heavy atom. The fraction of sp³-hybridized carbons (Fsp3) is 0.429. The summed E-state index contributed by atoms with van der Waals surface area (Å²) in [6, 6.07) is 0. The van der Waals surface area contributed by atoms with E-state index < -0.39 is 9.04 Å². The smallest absolute Gasteiger partial charge is 0.224 e. The average molecular weight is 158 g/mol. The molecule has 0 saturated carbocycles. The van der Waals surface area contributed by atoms with E-state index in [4.69, 9.17) is 9.16 Å². The number of methoxy groups -OCH3 is 1. The van der Waals surface area contributed by atoms with Crippen LogP contribution in [-0.4, -0.2) is 29.4 Å². The van der Waals surface area contributed by atoms with Gasteiger partial charge in [0, 0.05) is 7.11 Å². The first-order valence-electron chi connectivity index (χ1n) is 3.20. The summed E-state index contributed by atoms with van der Waals surface area (Å²) < 4.78 is 10.2. The molecule has 0 aromatic heterocycles. The van der Waals surface area contributed by atoms with Crippen LogP contribution in [-0.2, 0) is 9.16 Å². The fourth-order valence-electron chi connectivity index (χ4n) is 0.500. The topological polar surface area (TPSA) is 18.5 Å². The van der Waals surface area contributed by atoms with Crippen LogP contribution in [0.15, 0.2) is 24.6 Å². The SMILES string of the molecule is C=C[SiH](C=C)OCCOC. The van der Waals surface area contributed by atoms with E-state index in [9.17, 15) is 0 Å². The Kier molecular flexibility index (Phi) is 6.47. The maximum Gasteiger partial charge on any atom is 0.224 e. The quantitative estimate of drug-likeness (QED) is 0.421. The molecular formula is C7H14O2Si. The maximum absolute atomic E-state index is 5.36. The van der Waals surface area contributed by atoms with E-state index in [2.05, 4.69) is 13.2 Å². The molecule has 0 spiro atoms. The van der Waals surface area contributed by atoms with Crippen molar-refractivity contribution in [3.63, 3.8) is 0 Å². The van der Waals surface area contributed by atoms with E-state index in [-0.39, 0.29) is 0 Å². The normalized spacial score (nSPS) is 9.80. The molecule has 0 N–H and O–H groups in total. The zero-order valence-corrected chi connectivity index (χ0v) is 7.53. The molecule has 0 amide bonds. The maximum atomic E-state index is 5.36. The lowest BCUT2D eigenvalue weighted by atomic mass is 10.8. The molecule has 0 radical (unpaired) electrons. The molecule has 10 heavy (non-hydrogen) atoms. The predicted octanol–water partition coefficient (Wildman–Crippen LogP) is 0.824. The largest absolute Gasteiger partial charge is 0.410 e. The van der Waals surface area contributed by atoms with Crippen LogP contribution < -0.4 is 0 Å². The van der Waals surface area contributed by atoms with Gasteiger partial charge in [-0.2, -0.15) is 0 Å². The third-order valence-corrected chi connectivity index (χ3v) is 2.61. The molecule has 58 valence electrons. The van der Waals surface area contributed by atoms with Gasteiger partial charge >= 0.3 is 0 Å². The van der Waals surface area contributed by atoms with E-state index >= 15 is 0 Å². The van der Waals surface area contributed by atoms with Crippen LogP contribution in [0, 0.1) is 0 Å². The van der Waals surface area contributed by atoms with Gasteiger partial charge in [-0.25, -0.2) is 0 Å². The Balaban J connectivity index is 3.25. The summed E-state index contributed by atoms with van der Waals surface area (Å²) in [5.74, 6) is 0. The van der Waals surface area contributed by atoms with E-state index in [1.165, 1.54) is 0 Å². The van der Waals surface area contributed by atoms with Gasteiger partial charge in [-0.3, -0.25) is 0 Å². The summed E-state index contributed by atoms with van der Waals surface area (Å²) in [6.07, 6.45) is 0. The Bertz CT molecular complexity index is 95.8. The average Bonchev–Trinajstić information content (AvgIpc) is 1.99. The van der Waals surface area contributed by atoms with Gasteiger partial charge in [-0.15, -0.1) is 13.2 Å². The summed E-state index contributed by atoms with van der Waals surface area (Å²) in [4.78, 5) is 0. The van der Waals surface area contributed by atoms with Crippen LogP contribution >= 0.6 is 0 Å². The Morgan fingerprint density at radius 3 is 2.30 bits per heavy atom. The summed E-state index contributed by atoms with van der Waals surface area (Å²) >= 11 is 0. The lowest BCUT2D eigenvalue weighted by molar-refractivity contribution is 0.148. The molecule has 0 heterocycles. The van der Waals surface area contributed by atoms with Gasteiger partial charge in [-0.1, -0.05) is 11.4 Å². The van der Waals surface area contributed by atoms with Crippen molar-refractivity contribution in [2.75, 3.05) is 20.3 Å². The molecule has 0 unspecified atom stereocenters. The Hall–Kier alpha value is -0.383. The highest BCUT2D eigenvalue weighted by Crippen LogP contribution is 1.87. The first-order chi connectivity index (χ1) is 4.85. The zero-order valence-electron chi connectivity index (χ0n) is 6.38. The van der Waals surface area contributed by atoms with Crippen LogP contribution in [0.25, 0.3) is 0 Å². The highest BCUT2D eigenvalue weighted by atomic mass is 28.3. The monoisotopic (exact) mass is 158 g/mol. The van der Waals surface area contributed by atoms with E-state index in [1.54, 1.807) is 7.11 Å². The second kappa shape index (κ2) is 6.73. The second-order valence-electron chi connectivity index (χ2n) is 1.80. The highest BCUT2D eigenvalue weighted by Gasteiger charge is 1.98. The highest BCUT2D eigenvalue weighted by molar-refractivity contribution is 6.62. The van der Waals surface area contributed by atoms with E-state index in [0.717, 1.165) is 0 Å². The van der Waals surface area contributed by atoms with Crippen LogP contribution in [0.2, 0.25) is 0 Å². The number of hydrogen-bond acceptors (Lipinski definition) is 2. The van der Waals surface area contributed by atoms with Crippen molar-refractivity contribution < 1.29 is 9.16 Å². The van der Waals surface area contributed by atoms with Gasteiger partial charge in [0.05, 0.1) is 13.2 Å². The molecule has 0 fully saturated rings. The molecule has 0 atom stereocenters. The molecule has 0 bridgehead atoms. The molecule has 0 rings (SSSR count). The molecular weight excluding hydrogens is 144 g/mol.